The van der Waals surface area contributed by atoms with Crippen molar-refractivity contribution < 1.29 is 14.7 Å². The van der Waals surface area contributed by atoms with E-state index in [1.165, 1.54) is 0 Å². The molecular weight excluding hydrogens is 232 g/mol. The van der Waals surface area contributed by atoms with Crippen molar-refractivity contribution in [3.05, 3.63) is 0 Å². The average Bonchev–Trinajstić information content (AvgIpc) is 2.58. The number of hydrogen-bond acceptors (Lipinski definition) is 3. The van der Waals surface area contributed by atoms with Gasteiger partial charge in [0.25, 0.3) is 0 Å². The van der Waals surface area contributed by atoms with Gasteiger partial charge >= 0.3 is 5.97 Å². The van der Waals surface area contributed by atoms with Crippen molar-refractivity contribution >= 4 is 11.9 Å². The predicted octanol–water partition coefficient (Wildman–Crippen LogP) is 1.12. The lowest BCUT2D eigenvalue weighted by molar-refractivity contribution is -0.144. The van der Waals surface area contributed by atoms with Crippen LogP contribution in [0.5, 0.6) is 0 Å². The molecule has 1 rings (SSSR count). The third kappa shape index (κ3) is 3.22. The number of carbonyl (C=O) groups excluding carboxylic acids is 1. The molecular formula is C13H24N2O3. The van der Waals surface area contributed by atoms with Crippen molar-refractivity contribution in [3.8, 4) is 0 Å². The molecule has 0 aliphatic heterocycles. The molecule has 0 bridgehead atoms. The minimum absolute atomic E-state index is 0.175. The van der Waals surface area contributed by atoms with Crippen LogP contribution in [0.1, 0.15) is 46.5 Å². The van der Waals surface area contributed by atoms with Gasteiger partial charge in [0.05, 0.1) is 5.41 Å². The Morgan fingerprint density at radius 2 is 2.11 bits per heavy atom. The first-order valence-corrected chi connectivity index (χ1v) is 6.56. The van der Waals surface area contributed by atoms with E-state index in [4.69, 9.17) is 10.8 Å². The van der Waals surface area contributed by atoms with E-state index in [-0.39, 0.29) is 17.9 Å². The first-order valence-electron chi connectivity index (χ1n) is 6.56. The van der Waals surface area contributed by atoms with Crippen molar-refractivity contribution in [2.75, 3.05) is 0 Å². The zero-order valence-electron chi connectivity index (χ0n) is 11.4. The zero-order chi connectivity index (χ0) is 13.9. The highest BCUT2D eigenvalue weighted by molar-refractivity contribution is 5.88. The van der Waals surface area contributed by atoms with E-state index in [1.807, 2.05) is 20.8 Å². The number of carboxylic acid groups (broad SMARTS) is 1. The Hall–Kier alpha value is -1.10. The van der Waals surface area contributed by atoms with Crippen LogP contribution in [0.25, 0.3) is 0 Å². The fourth-order valence-corrected chi connectivity index (χ4v) is 2.49. The van der Waals surface area contributed by atoms with Crippen LogP contribution in [0.4, 0.5) is 0 Å². The molecule has 3 unspecified atom stereocenters. The number of nitrogens with one attached hydrogen (secondary N) is 1. The Labute approximate surface area is 108 Å². The topological polar surface area (TPSA) is 92.4 Å². The lowest BCUT2D eigenvalue weighted by atomic mass is 9.83. The van der Waals surface area contributed by atoms with E-state index in [1.54, 1.807) is 0 Å². The summed E-state index contributed by atoms with van der Waals surface area (Å²) in [7, 11) is 0. The zero-order valence-corrected chi connectivity index (χ0v) is 11.4. The SMILES string of the molecule is CC(C)CC(NC(=O)C1(C)CCCC1N)C(=O)O. The predicted molar refractivity (Wildman–Crippen MR) is 69.0 cm³/mol. The summed E-state index contributed by atoms with van der Waals surface area (Å²) >= 11 is 0. The van der Waals surface area contributed by atoms with Gasteiger partial charge in [-0.05, 0) is 32.1 Å². The molecule has 1 fully saturated rings. The number of nitrogens with two attached hydrogens (primary N) is 1. The van der Waals surface area contributed by atoms with Crippen molar-refractivity contribution in [1.82, 2.24) is 5.32 Å². The van der Waals surface area contributed by atoms with Crippen LogP contribution in [0.3, 0.4) is 0 Å². The monoisotopic (exact) mass is 256 g/mol. The summed E-state index contributed by atoms with van der Waals surface area (Å²) in [4.78, 5) is 23.3. The van der Waals surface area contributed by atoms with Gasteiger partial charge in [0.1, 0.15) is 6.04 Å². The Morgan fingerprint density at radius 3 is 2.50 bits per heavy atom. The molecule has 1 aliphatic rings. The maximum Gasteiger partial charge on any atom is 0.326 e. The Balaban J connectivity index is 2.69. The molecule has 0 aromatic rings. The standard InChI is InChI=1S/C13H24N2O3/c1-8(2)7-9(11(16)17)15-12(18)13(3)6-4-5-10(13)14/h8-10H,4-7,14H2,1-3H3,(H,15,18)(H,16,17). The number of amides is 1. The molecule has 0 aromatic heterocycles. The molecule has 104 valence electrons. The Kier molecular flexibility index (Phi) is 4.73. The number of carbonyl (C=O) groups is 2. The van der Waals surface area contributed by atoms with Gasteiger partial charge < -0.3 is 16.2 Å². The van der Waals surface area contributed by atoms with Crippen LogP contribution >= 0.6 is 0 Å². The van der Waals surface area contributed by atoms with Crippen LogP contribution in [-0.4, -0.2) is 29.1 Å². The van der Waals surface area contributed by atoms with Gasteiger partial charge in [-0.2, -0.15) is 0 Å². The highest BCUT2D eigenvalue weighted by atomic mass is 16.4. The summed E-state index contributed by atoms with van der Waals surface area (Å²) in [6, 6.07) is -0.992. The summed E-state index contributed by atoms with van der Waals surface area (Å²) < 4.78 is 0. The fourth-order valence-electron chi connectivity index (χ4n) is 2.49. The normalized spacial score (nSPS) is 29.3. The summed E-state index contributed by atoms with van der Waals surface area (Å²) in [6.45, 7) is 5.70. The molecule has 5 nitrogen and oxygen atoms in total. The molecule has 0 radical (unpaired) electrons. The van der Waals surface area contributed by atoms with E-state index in [2.05, 4.69) is 5.32 Å². The molecule has 0 saturated heterocycles. The van der Waals surface area contributed by atoms with Crippen LogP contribution in [0, 0.1) is 11.3 Å². The largest absolute Gasteiger partial charge is 0.480 e. The first-order chi connectivity index (χ1) is 8.27. The molecule has 1 aliphatic carbocycles. The van der Waals surface area contributed by atoms with Crippen molar-refractivity contribution in [2.24, 2.45) is 17.1 Å². The molecule has 3 atom stereocenters. The average molecular weight is 256 g/mol. The first kappa shape index (κ1) is 15.0. The molecule has 0 heterocycles. The number of rotatable bonds is 5. The van der Waals surface area contributed by atoms with Crippen molar-refractivity contribution in [1.29, 1.82) is 0 Å². The second-order valence-corrected chi connectivity index (χ2v) is 5.91. The molecule has 4 N–H and O–H groups in total. The van der Waals surface area contributed by atoms with Crippen LogP contribution in [0.15, 0.2) is 0 Å². The van der Waals surface area contributed by atoms with E-state index < -0.39 is 17.4 Å². The van der Waals surface area contributed by atoms with E-state index in [0.29, 0.717) is 6.42 Å². The molecule has 0 aromatic carbocycles. The summed E-state index contributed by atoms with van der Waals surface area (Å²) in [6.07, 6.45) is 2.92. The third-order valence-corrected chi connectivity index (χ3v) is 3.86. The Bertz CT molecular complexity index is 330. The van der Waals surface area contributed by atoms with Crippen LogP contribution in [-0.2, 0) is 9.59 Å². The molecule has 5 heteroatoms. The number of carboxylic acids is 1. The molecule has 1 saturated carbocycles. The van der Waals surface area contributed by atoms with Gasteiger partial charge in [-0.25, -0.2) is 4.79 Å². The van der Waals surface area contributed by atoms with E-state index >= 15 is 0 Å². The highest BCUT2D eigenvalue weighted by Gasteiger charge is 2.44. The lowest BCUT2D eigenvalue weighted by Crippen LogP contribution is -2.52. The summed E-state index contributed by atoms with van der Waals surface area (Å²) in [5.74, 6) is -0.982. The molecule has 18 heavy (non-hydrogen) atoms. The summed E-state index contributed by atoms with van der Waals surface area (Å²) in [5, 5.41) is 11.8. The van der Waals surface area contributed by atoms with E-state index in [9.17, 15) is 9.59 Å². The van der Waals surface area contributed by atoms with Crippen molar-refractivity contribution in [3.63, 3.8) is 0 Å². The minimum atomic E-state index is -0.979. The van der Waals surface area contributed by atoms with Gasteiger partial charge in [-0.3, -0.25) is 4.79 Å². The van der Waals surface area contributed by atoms with Gasteiger partial charge in [0.2, 0.25) is 5.91 Å². The second-order valence-electron chi connectivity index (χ2n) is 5.91. The lowest BCUT2D eigenvalue weighted by Gasteiger charge is -2.29. The van der Waals surface area contributed by atoms with Crippen molar-refractivity contribution in [2.45, 2.75) is 58.5 Å². The quantitative estimate of drug-likeness (QED) is 0.687. The molecule has 0 spiro atoms. The van der Waals surface area contributed by atoms with Crippen LogP contribution < -0.4 is 11.1 Å². The number of hydrogen-bond donors (Lipinski definition) is 3. The van der Waals surface area contributed by atoms with Gasteiger partial charge in [-0.15, -0.1) is 0 Å². The fraction of sp³-hybridized carbons (Fsp3) is 0.846. The maximum atomic E-state index is 12.2. The van der Waals surface area contributed by atoms with Gasteiger partial charge in [0, 0.05) is 6.04 Å². The maximum absolute atomic E-state index is 12.2. The highest BCUT2D eigenvalue weighted by Crippen LogP contribution is 2.36. The number of aliphatic carboxylic acids is 1. The summed E-state index contributed by atoms with van der Waals surface area (Å²) in [5.41, 5.74) is 5.34. The smallest absolute Gasteiger partial charge is 0.326 e. The Morgan fingerprint density at radius 1 is 1.50 bits per heavy atom. The van der Waals surface area contributed by atoms with Gasteiger partial charge in [0.15, 0.2) is 0 Å². The van der Waals surface area contributed by atoms with E-state index in [0.717, 1.165) is 19.3 Å². The van der Waals surface area contributed by atoms with Gasteiger partial charge in [-0.1, -0.05) is 20.3 Å². The third-order valence-electron chi connectivity index (χ3n) is 3.86. The minimum Gasteiger partial charge on any atom is -0.480 e. The van der Waals surface area contributed by atoms with Crippen LogP contribution in [0.2, 0.25) is 0 Å². The second kappa shape index (κ2) is 5.69. The molecule has 1 amide bonds.